The minimum Gasteiger partial charge on any atom is -0.481 e. The highest BCUT2D eigenvalue weighted by Gasteiger charge is 2.23. The fourth-order valence-electron chi connectivity index (χ4n) is 2.08. The Morgan fingerprint density at radius 3 is 2.48 bits per heavy atom. The van der Waals surface area contributed by atoms with E-state index in [4.69, 9.17) is 11.2 Å². The standard InChI is InChI=1S/C19H19NO3/c1-3-13-23-17-11-9-15(10-12-17)18(21)20-14-19(2,22)16-7-5-4-6-8-16/h1,4-12,22H,13-14H2,2H3,(H,20,21). The maximum atomic E-state index is 12.2. The Kier molecular flexibility index (Phi) is 5.40. The number of carbonyl (C=O) groups excluding carboxylic acids is 1. The highest BCUT2D eigenvalue weighted by molar-refractivity contribution is 5.94. The monoisotopic (exact) mass is 309 g/mol. The fraction of sp³-hybridized carbons (Fsp3) is 0.211. The first-order chi connectivity index (χ1) is 11.0. The summed E-state index contributed by atoms with van der Waals surface area (Å²) in [5.41, 5.74) is 0.104. The molecule has 0 fully saturated rings. The van der Waals surface area contributed by atoms with Gasteiger partial charge in [-0.1, -0.05) is 36.3 Å². The molecule has 118 valence electrons. The molecule has 2 aromatic rings. The first-order valence-corrected chi connectivity index (χ1v) is 7.25. The third-order valence-electron chi connectivity index (χ3n) is 3.43. The van der Waals surface area contributed by atoms with Crippen molar-refractivity contribution in [1.29, 1.82) is 0 Å². The van der Waals surface area contributed by atoms with Gasteiger partial charge in [0.05, 0.1) is 6.54 Å². The molecule has 0 aliphatic carbocycles. The number of benzene rings is 2. The van der Waals surface area contributed by atoms with Gasteiger partial charge in [0.25, 0.3) is 5.91 Å². The maximum Gasteiger partial charge on any atom is 0.251 e. The van der Waals surface area contributed by atoms with E-state index >= 15 is 0 Å². The van der Waals surface area contributed by atoms with Crippen molar-refractivity contribution in [3.05, 3.63) is 65.7 Å². The van der Waals surface area contributed by atoms with Crippen molar-refractivity contribution in [1.82, 2.24) is 5.32 Å². The van der Waals surface area contributed by atoms with E-state index in [1.807, 2.05) is 30.3 Å². The lowest BCUT2D eigenvalue weighted by atomic mass is 9.96. The second kappa shape index (κ2) is 7.48. The van der Waals surface area contributed by atoms with Crippen LogP contribution in [0.4, 0.5) is 0 Å². The van der Waals surface area contributed by atoms with E-state index in [1.54, 1.807) is 31.2 Å². The molecular formula is C19H19NO3. The van der Waals surface area contributed by atoms with Gasteiger partial charge in [0, 0.05) is 5.56 Å². The number of carbonyl (C=O) groups is 1. The number of hydrogen-bond acceptors (Lipinski definition) is 3. The minimum atomic E-state index is -1.13. The van der Waals surface area contributed by atoms with E-state index in [0.717, 1.165) is 5.56 Å². The molecule has 2 N–H and O–H groups in total. The predicted molar refractivity (Wildman–Crippen MR) is 89.1 cm³/mol. The zero-order chi connectivity index (χ0) is 16.7. The van der Waals surface area contributed by atoms with Crippen molar-refractivity contribution < 1.29 is 14.6 Å². The Morgan fingerprint density at radius 2 is 1.87 bits per heavy atom. The van der Waals surface area contributed by atoms with Gasteiger partial charge in [-0.15, -0.1) is 6.42 Å². The molecular weight excluding hydrogens is 290 g/mol. The number of amides is 1. The van der Waals surface area contributed by atoms with Crippen molar-refractivity contribution in [2.45, 2.75) is 12.5 Å². The summed E-state index contributed by atoms with van der Waals surface area (Å²) in [6.07, 6.45) is 5.12. The van der Waals surface area contributed by atoms with E-state index in [0.29, 0.717) is 11.3 Å². The Hall–Kier alpha value is -2.77. The highest BCUT2D eigenvalue weighted by Crippen LogP contribution is 2.19. The van der Waals surface area contributed by atoms with Gasteiger partial charge >= 0.3 is 0 Å². The van der Waals surface area contributed by atoms with Crippen molar-refractivity contribution in [2.24, 2.45) is 0 Å². The molecule has 0 heterocycles. The molecule has 23 heavy (non-hydrogen) atoms. The summed E-state index contributed by atoms with van der Waals surface area (Å²) in [4.78, 5) is 12.2. The number of ether oxygens (including phenoxy) is 1. The van der Waals surface area contributed by atoms with E-state index in [2.05, 4.69) is 11.2 Å². The van der Waals surface area contributed by atoms with Crippen LogP contribution in [0, 0.1) is 12.3 Å². The second-order valence-electron chi connectivity index (χ2n) is 5.34. The van der Waals surface area contributed by atoms with Crippen LogP contribution in [0.5, 0.6) is 5.75 Å². The molecule has 1 amide bonds. The van der Waals surface area contributed by atoms with Crippen LogP contribution in [0.15, 0.2) is 54.6 Å². The second-order valence-corrected chi connectivity index (χ2v) is 5.34. The molecule has 1 unspecified atom stereocenters. The van der Waals surface area contributed by atoms with Crippen LogP contribution < -0.4 is 10.1 Å². The summed E-state index contributed by atoms with van der Waals surface area (Å²) in [6.45, 7) is 1.97. The summed E-state index contributed by atoms with van der Waals surface area (Å²) >= 11 is 0. The lowest BCUT2D eigenvalue weighted by molar-refractivity contribution is 0.0526. The lowest BCUT2D eigenvalue weighted by Gasteiger charge is -2.24. The van der Waals surface area contributed by atoms with Crippen LogP contribution in [0.1, 0.15) is 22.8 Å². The Labute approximate surface area is 136 Å². The minimum absolute atomic E-state index is 0.116. The molecule has 0 spiro atoms. The molecule has 0 aliphatic rings. The summed E-state index contributed by atoms with van der Waals surface area (Å²) < 4.78 is 5.25. The van der Waals surface area contributed by atoms with E-state index in [1.165, 1.54) is 0 Å². The van der Waals surface area contributed by atoms with Gasteiger partial charge in [-0.25, -0.2) is 0 Å². The Bertz CT molecular complexity index is 685. The van der Waals surface area contributed by atoms with Gasteiger partial charge in [0.15, 0.2) is 0 Å². The molecule has 4 nitrogen and oxygen atoms in total. The molecule has 2 rings (SSSR count). The van der Waals surface area contributed by atoms with Gasteiger partial charge in [-0.05, 0) is 36.8 Å². The zero-order valence-electron chi connectivity index (χ0n) is 13.0. The molecule has 0 aromatic heterocycles. The zero-order valence-corrected chi connectivity index (χ0v) is 13.0. The third kappa shape index (κ3) is 4.60. The number of hydrogen-bond donors (Lipinski definition) is 2. The summed E-state index contributed by atoms with van der Waals surface area (Å²) in [6, 6.07) is 15.9. The van der Waals surface area contributed by atoms with Crippen LogP contribution in [0.25, 0.3) is 0 Å². The fourth-order valence-corrected chi connectivity index (χ4v) is 2.08. The van der Waals surface area contributed by atoms with Crippen LogP contribution in [-0.2, 0) is 5.60 Å². The Balaban J connectivity index is 1.95. The summed E-state index contributed by atoms with van der Waals surface area (Å²) in [7, 11) is 0. The molecule has 0 radical (unpaired) electrons. The molecule has 0 saturated heterocycles. The first kappa shape index (κ1) is 16.6. The van der Waals surface area contributed by atoms with Gasteiger partial charge in [0.2, 0.25) is 0 Å². The Morgan fingerprint density at radius 1 is 1.22 bits per heavy atom. The van der Waals surface area contributed by atoms with E-state index in [9.17, 15) is 9.90 Å². The van der Waals surface area contributed by atoms with Gasteiger partial charge in [-0.2, -0.15) is 0 Å². The molecule has 0 saturated carbocycles. The van der Waals surface area contributed by atoms with E-state index in [-0.39, 0.29) is 19.1 Å². The quantitative estimate of drug-likeness (QED) is 0.805. The van der Waals surface area contributed by atoms with Gasteiger partial charge in [0.1, 0.15) is 18.0 Å². The van der Waals surface area contributed by atoms with Crippen LogP contribution in [0.2, 0.25) is 0 Å². The maximum absolute atomic E-state index is 12.2. The predicted octanol–water partition coefficient (Wildman–Crippen LogP) is 2.34. The van der Waals surface area contributed by atoms with Crippen molar-refractivity contribution in [3.8, 4) is 18.1 Å². The normalized spacial score (nSPS) is 12.7. The topological polar surface area (TPSA) is 58.6 Å². The van der Waals surface area contributed by atoms with Crippen LogP contribution in [0.3, 0.4) is 0 Å². The first-order valence-electron chi connectivity index (χ1n) is 7.25. The van der Waals surface area contributed by atoms with Crippen molar-refractivity contribution >= 4 is 5.91 Å². The van der Waals surface area contributed by atoms with E-state index < -0.39 is 5.60 Å². The molecule has 0 bridgehead atoms. The van der Waals surface area contributed by atoms with Gasteiger partial charge < -0.3 is 15.2 Å². The third-order valence-corrected chi connectivity index (χ3v) is 3.43. The molecule has 4 heteroatoms. The van der Waals surface area contributed by atoms with Crippen molar-refractivity contribution in [2.75, 3.05) is 13.2 Å². The molecule has 0 aliphatic heterocycles. The number of nitrogens with one attached hydrogen (secondary N) is 1. The molecule has 2 aromatic carbocycles. The van der Waals surface area contributed by atoms with Gasteiger partial charge in [-0.3, -0.25) is 4.79 Å². The highest BCUT2D eigenvalue weighted by atomic mass is 16.5. The average Bonchev–Trinajstić information content (AvgIpc) is 2.59. The summed E-state index contributed by atoms with van der Waals surface area (Å²) in [5, 5.41) is 13.2. The lowest BCUT2D eigenvalue weighted by Crippen LogP contribution is -2.38. The average molecular weight is 309 g/mol. The van der Waals surface area contributed by atoms with Crippen LogP contribution >= 0.6 is 0 Å². The van der Waals surface area contributed by atoms with Crippen LogP contribution in [-0.4, -0.2) is 24.2 Å². The largest absolute Gasteiger partial charge is 0.481 e. The number of aliphatic hydroxyl groups is 1. The molecule has 1 atom stereocenters. The number of terminal acetylenes is 1. The summed E-state index contributed by atoms with van der Waals surface area (Å²) in [5.74, 6) is 2.72. The smallest absolute Gasteiger partial charge is 0.251 e. The number of rotatable bonds is 6. The SMILES string of the molecule is C#CCOc1ccc(C(=O)NCC(C)(O)c2ccccc2)cc1. The van der Waals surface area contributed by atoms with Crippen molar-refractivity contribution in [3.63, 3.8) is 0 Å².